The topological polar surface area (TPSA) is 76.0 Å². The van der Waals surface area contributed by atoms with Crippen molar-refractivity contribution in [3.63, 3.8) is 0 Å². The number of aryl methyl sites for hydroxylation is 1. The van der Waals surface area contributed by atoms with Crippen LogP contribution in [-0.2, 0) is 11.8 Å². The molecule has 0 aliphatic rings. The van der Waals surface area contributed by atoms with Gasteiger partial charge in [-0.1, -0.05) is 12.1 Å². The number of hydrogen-bond acceptors (Lipinski definition) is 3. The molecule has 0 aliphatic carbocycles. The molecular formula is C15H16N4O2. The van der Waals surface area contributed by atoms with Crippen LogP contribution in [-0.4, -0.2) is 28.6 Å². The molecule has 0 saturated carbocycles. The average molecular weight is 284 g/mol. The highest BCUT2D eigenvalue weighted by atomic mass is 16.2. The number of nitrogens with zero attached hydrogens (tertiary/aromatic N) is 2. The SMILES string of the molecule is CNC(=O)c1ccc(/C=C/C(=O)Nc2ccn(C)n2)cc1. The van der Waals surface area contributed by atoms with Gasteiger partial charge in [0.25, 0.3) is 5.91 Å². The van der Waals surface area contributed by atoms with Gasteiger partial charge in [0.1, 0.15) is 0 Å². The van der Waals surface area contributed by atoms with Crippen LogP contribution < -0.4 is 10.6 Å². The van der Waals surface area contributed by atoms with Gasteiger partial charge in [-0.25, -0.2) is 0 Å². The predicted molar refractivity (Wildman–Crippen MR) is 80.7 cm³/mol. The van der Waals surface area contributed by atoms with Crippen LogP contribution in [0.2, 0.25) is 0 Å². The fourth-order valence-corrected chi connectivity index (χ4v) is 1.71. The molecule has 21 heavy (non-hydrogen) atoms. The molecule has 0 spiro atoms. The molecular weight excluding hydrogens is 268 g/mol. The summed E-state index contributed by atoms with van der Waals surface area (Å²) in [4.78, 5) is 23.1. The smallest absolute Gasteiger partial charge is 0.251 e. The Morgan fingerprint density at radius 3 is 2.48 bits per heavy atom. The van der Waals surface area contributed by atoms with E-state index in [9.17, 15) is 9.59 Å². The minimum atomic E-state index is -0.260. The third kappa shape index (κ3) is 4.04. The molecule has 0 saturated heterocycles. The van der Waals surface area contributed by atoms with Crippen molar-refractivity contribution in [2.45, 2.75) is 0 Å². The van der Waals surface area contributed by atoms with Crippen LogP contribution in [0.4, 0.5) is 5.82 Å². The second kappa shape index (κ2) is 6.51. The number of amides is 2. The van der Waals surface area contributed by atoms with Gasteiger partial charge in [-0.05, 0) is 23.8 Å². The highest BCUT2D eigenvalue weighted by molar-refractivity contribution is 6.01. The van der Waals surface area contributed by atoms with Gasteiger partial charge in [0.15, 0.2) is 5.82 Å². The van der Waals surface area contributed by atoms with Crippen LogP contribution >= 0.6 is 0 Å². The van der Waals surface area contributed by atoms with E-state index in [1.54, 1.807) is 61.4 Å². The lowest BCUT2D eigenvalue weighted by Crippen LogP contribution is -2.17. The summed E-state index contributed by atoms with van der Waals surface area (Å²) in [6.07, 6.45) is 4.84. The summed E-state index contributed by atoms with van der Waals surface area (Å²) >= 11 is 0. The minimum Gasteiger partial charge on any atom is -0.355 e. The maximum absolute atomic E-state index is 11.7. The Labute approximate surface area is 122 Å². The summed E-state index contributed by atoms with van der Waals surface area (Å²) in [5.41, 5.74) is 1.41. The molecule has 0 unspecified atom stereocenters. The first kappa shape index (κ1) is 14.5. The Hall–Kier alpha value is -2.89. The zero-order chi connectivity index (χ0) is 15.2. The van der Waals surface area contributed by atoms with Crippen LogP contribution in [0.15, 0.2) is 42.6 Å². The Kier molecular flexibility index (Phi) is 4.50. The van der Waals surface area contributed by atoms with Crippen LogP contribution in [0.5, 0.6) is 0 Å². The minimum absolute atomic E-state index is 0.140. The Balaban J connectivity index is 1.97. The maximum atomic E-state index is 11.7. The summed E-state index contributed by atoms with van der Waals surface area (Å²) in [6.45, 7) is 0. The number of hydrogen-bond donors (Lipinski definition) is 2. The van der Waals surface area contributed by atoms with E-state index in [0.717, 1.165) is 5.56 Å². The molecule has 0 bridgehead atoms. The van der Waals surface area contributed by atoms with Gasteiger partial charge >= 0.3 is 0 Å². The van der Waals surface area contributed by atoms with E-state index >= 15 is 0 Å². The largest absolute Gasteiger partial charge is 0.355 e. The van der Waals surface area contributed by atoms with E-state index in [1.807, 2.05) is 0 Å². The second-order valence-corrected chi connectivity index (χ2v) is 4.40. The van der Waals surface area contributed by atoms with E-state index in [1.165, 1.54) is 6.08 Å². The van der Waals surface area contributed by atoms with Crippen LogP contribution in [0.1, 0.15) is 15.9 Å². The maximum Gasteiger partial charge on any atom is 0.251 e. The van der Waals surface area contributed by atoms with Crippen molar-refractivity contribution in [2.24, 2.45) is 7.05 Å². The van der Waals surface area contributed by atoms with Crippen molar-refractivity contribution in [1.82, 2.24) is 15.1 Å². The van der Waals surface area contributed by atoms with Gasteiger partial charge < -0.3 is 10.6 Å². The van der Waals surface area contributed by atoms with E-state index in [-0.39, 0.29) is 11.8 Å². The number of aromatic nitrogens is 2. The van der Waals surface area contributed by atoms with E-state index < -0.39 is 0 Å². The molecule has 108 valence electrons. The van der Waals surface area contributed by atoms with Gasteiger partial charge in [-0.3, -0.25) is 14.3 Å². The third-order valence-electron chi connectivity index (χ3n) is 2.79. The first-order valence-electron chi connectivity index (χ1n) is 6.39. The zero-order valence-electron chi connectivity index (χ0n) is 11.8. The van der Waals surface area contributed by atoms with Crippen molar-refractivity contribution in [3.05, 3.63) is 53.7 Å². The fraction of sp³-hybridized carbons (Fsp3) is 0.133. The number of anilines is 1. The lowest BCUT2D eigenvalue weighted by molar-refractivity contribution is -0.111. The molecule has 2 aromatic rings. The van der Waals surface area contributed by atoms with Crippen molar-refractivity contribution >= 4 is 23.7 Å². The molecule has 1 aromatic carbocycles. The molecule has 0 aliphatic heterocycles. The quantitative estimate of drug-likeness (QED) is 0.834. The number of carbonyl (C=O) groups is 2. The Morgan fingerprint density at radius 2 is 1.90 bits per heavy atom. The van der Waals surface area contributed by atoms with E-state index in [0.29, 0.717) is 11.4 Å². The summed E-state index contributed by atoms with van der Waals surface area (Å²) in [7, 11) is 3.36. The normalized spacial score (nSPS) is 10.6. The zero-order valence-corrected chi connectivity index (χ0v) is 11.8. The average Bonchev–Trinajstić information content (AvgIpc) is 2.90. The molecule has 0 radical (unpaired) electrons. The van der Waals surface area contributed by atoms with Crippen molar-refractivity contribution < 1.29 is 9.59 Å². The summed E-state index contributed by atoms with van der Waals surface area (Å²) in [5.74, 6) is 0.101. The Morgan fingerprint density at radius 1 is 1.19 bits per heavy atom. The lowest BCUT2D eigenvalue weighted by atomic mass is 10.1. The standard InChI is InChI=1S/C15H16N4O2/c1-16-15(21)12-6-3-11(4-7-12)5-8-14(20)17-13-9-10-19(2)18-13/h3-10H,1-2H3,(H,16,21)(H,17,18,20)/b8-5+. The van der Waals surface area contributed by atoms with Gasteiger partial charge in [0.2, 0.25) is 5.91 Å². The lowest BCUT2D eigenvalue weighted by Gasteiger charge is -2.00. The highest BCUT2D eigenvalue weighted by Crippen LogP contribution is 2.07. The fourth-order valence-electron chi connectivity index (χ4n) is 1.71. The van der Waals surface area contributed by atoms with Crippen LogP contribution in [0.25, 0.3) is 6.08 Å². The first-order valence-corrected chi connectivity index (χ1v) is 6.39. The van der Waals surface area contributed by atoms with Crippen molar-refractivity contribution in [2.75, 3.05) is 12.4 Å². The van der Waals surface area contributed by atoms with Crippen molar-refractivity contribution in [1.29, 1.82) is 0 Å². The number of nitrogens with one attached hydrogen (secondary N) is 2. The summed E-state index contributed by atoms with van der Waals surface area (Å²) in [6, 6.07) is 8.67. The highest BCUT2D eigenvalue weighted by Gasteiger charge is 2.02. The molecule has 6 heteroatoms. The molecule has 0 atom stereocenters. The van der Waals surface area contributed by atoms with Gasteiger partial charge in [0, 0.05) is 38.0 Å². The van der Waals surface area contributed by atoms with Gasteiger partial charge in [-0.2, -0.15) is 5.10 Å². The number of carbonyl (C=O) groups excluding carboxylic acids is 2. The second-order valence-electron chi connectivity index (χ2n) is 4.40. The Bertz CT molecular complexity index is 671. The van der Waals surface area contributed by atoms with E-state index in [4.69, 9.17) is 0 Å². The van der Waals surface area contributed by atoms with Crippen LogP contribution in [0.3, 0.4) is 0 Å². The molecule has 0 fully saturated rings. The third-order valence-corrected chi connectivity index (χ3v) is 2.79. The van der Waals surface area contributed by atoms with E-state index in [2.05, 4.69) is 15.7 Å². The molecule has 6 nitrogen and oxygen atoms in total. The van der Waals surface area contributed by atoms with Crippen LogP contribution in [0, 0.1) is 0 Å². The van der Waals surface area contributed by atoms with Gasteiger partial charge in [0.05, 0.1) is 0 Å². The number of rotatable bonds is 4. The van der Waals surface area contributed by atoms with Gasteiger partial charge in [-0.15, -0.1) is 0 Å². The summed E-state index contributed by atoms with van der Waals surface area (Å²) < 4.78 is 1.61. The molecule has 2 rings (SSSR count). The van der Waals surface area contributed by atoms with Crippen molar-refractivity contribution in [3.8, 4) is 0 Å². The number of benzene rings is 1. The predicted octanol–water partition coefficient (Wildman–Crippen LogP) is 1.43. The molecule has 1 heterocycles. The molecule has 1 aromatic heterocycles. The first-order chi connectivity index (χ1) is 10.1. The molecule has 2 amide bonds. The summed E-state index contributed by atoms with van der Waals surface area (Å²) in [5, 5.41) is 9.25. The molecule has 2 N–H and O–H groups in total. The monoisotopic (exact) mass is 284 g/mol.